The maximum Gasteiger partial charge on any atom is 0.276 e. The summed E-state index contributed by atoms with van der Waals surface area (Å²) in [6.45, 7) is 0. The van der Waals surface area contributed by atoms with E-state index in [1.165, 1.54) is 6.20 Å². The van der Waals surface area contributed by atoms with Crippen LogP contribution in [-0.4, -0.2) is 30.0 Å². The number of nitrogens with zero attached hydrogens (tertiary/aromatic N) is 3. The third kappa shape index (κ3) is 2.79. The molecule has 0 unspecified atom stereocenters. The van der Waals surface area contributed by atoms with Gasteiger partial charge in [0.05, 0.1) is 23.3 Å². The van der Waals surface area contributed by atoms with E-state index < -0.39 is 0 Å². The highest BCUT2D eigenvalue weighted by Crippen LogP contribution is 2.23. The van der Waals surface area contributed by atoms with E-state index in [2.05, 4.69) is 15.3 Å². The van der Waals surface area contributed by atoms with Crippen LogP contribution in [0, 0.1) is 0 Å². The molecule has 3 N–H and O–H groups in total. The van der Waals surface area contributed by atoms with Crippen molar-refractivity contribution in [2.75, 3.05) is 30.0 Å². The number of aromatic nitrogens is 2. The van der Waals surface area contributed by atoms with Gasteiger partial charge < -0.3 is 16.0 Å². The second-order valence-electron chi connectivity index (χ2n) is 4.18. The standard InChI is InChI=1S/C13H15N5O/c1-18(2)11-5-7-15-8-10(11)17-13(19)12-9(14)4-3-6-16-12/h3-8H,14H2,1-2H3,(H,17,19). The third-order valence-electron chi connectivity index (χ3n) is 2.58. The largest absolute Gasteiger partial charge is 0.397 e. The van der Waals surface area contributed by atoms with Crippen molar-refractivity contribution in [3.63, 3.8) is 0 Å². The number of anilines is 3. The lowest BCUT2D eigenvalue weighted by Gasteiger charge is -2.17. The zero-order chi connectivity index (χ0) is 13.8. The minimum Gasteiger partial charge on any atom is -0.397 e. The van der Waals surface area contributed by atoms with E-state index in [9.17, 15) is 4.79 Å². The molecule has 0 aliphatic carbocycles. The van der Waals surface area contributed by atoms with E-state index in [1.807, 2.05) is 25.1 Å². The molecule has 2 aromatic rings. The zero-order valence-electron chi connectivity index (χ0n) is 10.8. The number of amides is 1. The molecular formula is C13H15N5O. The highest BCUT2D eigenvalue weighted by Gasteiger charge is 2.13. The van der Waals surface area contributed by atoms with Gasteiger partial charge in [-0.15, -0.1) is 0 Å². The van der Waals surface area contributed by atoms with Crippen LogP contribution in [0.2, 0.25) is 0 Å². The number of nitrogens with two attached hydrogens (primary N) is 1. The fourth-order valence-corrected chi connectivity index (χ4v) is 1.66. The number of carbonyl (C=O) groups is 1. The van der Waals surface area contributed by atoms with Crippen molar-refractivity contribution in [1.82, 2.24) is 9.97 Å². The first-order chi connectivity index (χ1) is 9.09. The fourth-order valence-electron chi connectivity index (χ4n) is 1.66. The molecule has 2 rings (SSSR count). The molecule has 0 spiro atoms. The van der Waals surface area contributed by atoms with E-state index in [4.69, 9.17) is 5.73 Å². The molecule has 0 bridgehead atoms. The molecule has 19 heavy (non-hydrogen) atoms. The zero-order valence-corrected chi connectivity index (χ0v) is 10.8. The van der Waals surface area contributed by atoms with Crippen molar-refractivity contribution in [3.05, 3.63) is 42.5 Å². The first-order valence-corrected chi connectivity index (χ1v) is 5.73. The van der Waals surface area contributed by atoms with E-state index in [1.54, 1.807) is 24.5 Å². The molecule has 0 radical (unpaired) electrons. The van der Waals surface area contributed by atoms with Crippen LogP contribution in [0.5, 0.6) is 0 Å². The van der Waals surface area contributed by atoms with Crippen LogP contribution in [0.4, 0.5) is 17.1 Å². The van der Waals surface area contributed by atoms with Crippen LogP contribution < -0.4 is 16.0 Å². The molecule has 2 heterocycles. The Morgan fingerprint density at radius 3 is 2.79 bits per heavy atom. The Hall–Kier alpha value is -2.63. The van der Waals surface area contributed by atoms with Crippen LogP contribution in [0.25, 0.3) is 0 Å². The van der Waals surface area contributed by atoms with Gasteiger partial charge in [0, 0.05) is 26.5 Å². The molecule has 0 aliphatic heterocycles. The normalized spacial score (nSPS) is 10.0. The Balaban J connectivity index is 2.27. The maximum absolute atomic E-state index is 12.1. The molecule has 98 valence electrons. The number of rotatable bonds is 3. The lowest BCUT2D eigenvalue weighted by Crippen LogP contribution is -2.19. The summed E-state index contributed by atoms with van der Waals surface area (Å²) in [7, 11) is 3.78. The van der Waals surface area contributed by atoms with Gasteiger partial charge in [0.15, 0.2) is 5.69 Å². The smallest absolute Gasteiger partial charge is 0.276 e. The predicted octanol–water partition coefficient (Wildman–Crippen LogP) is 1.38. The summed E-state index contributed by atoms with van der Waals surface area (Å²) in [4.78, 5) is 22.0. The number of pyridine rings is 2. The van der Waals surface area contributed by atoms with Gasteiger partial charge >= 0.3 is 0 Å². The van der Waals surface area contributed by atoms with Crippen LogP contribution in [0.15, 0.2) is 36.8 Å². The van der Waals surface area contributed by atoms with E-state index >= 15 is 0 Å². The van der Waals surface area contributed by atoms with Gasteiger partial charge in [0.1, 0.15) is 0 Å². The number of nitrogen functional groups attached to an aromatic ring is 1. The first kappa shape index (κ1) is 12.8. The highest BCUT2D eigenvalue weighted by molar-refractivity contribution is 6.07. The van der Waals surface area contributed by atoms with Crippen LogP contribution in [0.3, 0.4) is 0 Å². The highest BCUT2D eigenvalue weighted by atomic mass is 16.1. The number of nitrogens with one attached hydrogen (secondary N) is 1. The average Bonchev–Trinajstić information content (AvgIpc) is 2.39. The van der Waals surface area contributed by atoms with E-state index in [0.717, 1.165) is 5.69 Å². The molecule has 0 saturated heterocycles. The third-order valence-corrected chi connectivity index (χ3v) is 2.58. The minimum atomic E-state index is -0.353. The first-order valence-electron chi connectivity index (χ1n) is 5.73. The summed E-state index contributed by atoms with van der Waals surface area (Å²) in [5.74, 6) is -0.353. The molecule has 0 aliphatic rings. The Bertz CT molecular complexity index is 597. The van der Waals surface area contributed by atoms with Crippen molar-refractivity contribution in [1.29, 1.82) is 0 Å². The SMILES string of the molecule is CN(C)c1ccncc1NC(=O)c1ncccc1N. The summed E-state index contributed by atoms with van der Waals surface area (Å²) in [6, 6.07) is 5.14. The Morgan fingerprint density at radius 1 is 1.32 bits per heavy atom. The molecule has 0 saturated carbocycles. The van der Waals surface area contributed by atoms with Crippen molar-refractivity contribution in [2.24, 2.45) is 0 Å². The van der Waals surface area contributed by atoms with Gasteiger partial charge in [-0.3, -0.25) is 9.78 Å². The number of hydrogen-bond donors (Lipinski definition) is 2. The van der Waals surface area contributed by atoms with Crippen molar-refractivity contribution in [2.45, 2.75) is 0 Å². The Morgan fingerprint density at radius 2 is 2.11 bits per heavy atom. The fraction of sp³-hybridized carbons (Fsp3) is 0.154. The predicted molar refractivity (Wildman–Crippen MR) is 75.2 cm³/mol. The minimum absolute atomic E-state index is 0.205. The molecule has 0 aromatic carbocycles. The maximum atomic E-state index is 12.1. The summed E-state index contributed by atoms with van der Waals surface area (Å²) in [6.07, 6.45) is 4.79. The second kappa shape index (κ2) is 5.34. The van der Waals surface area contributed by atoms with E-state index in [0.29, 0.717) is 11.4 Å². The summed E-state index contributed by atoms with van der Waals surface area (Å²) in [5, 5.41) is 2.76. The van der Waals surface area contributed by atoms with Gasteiger partial charge in [0.2, 0.25) is 0 Å². The van der Waals surface area contributed by atoms with Gasteiger partial charge in [-0.25, -0.2) is 4.98 Å². The van der Waals surface area contributed by atoms with Crippen molar-refractivity contribution in [3.8, 4) is 0 Å². The molecule has 2 aromatic heterocycles. The Kier molecular flexibility index (Phi) is 3.61. The molecule has 0 atom stereocenters. The summed E-state index contributed by atoms with van der Waals surface area (Å²) >= 11 is 0. The molecular weight excluding hydrogens is 242 g/mol. The van der Waals surface area contributed by atoms with Gasteiger partial charge in [-0.1, -0.05) is 0 Å². The molecule has 0 fully saturated rings. The molecule has 6 nitrogen and oxygen atoms in total. The van der Waals surface area contributed by atoms with Crippen molar-refractivity contribution >= 4 is 23.0 Å². The summed E-state index contributed by atoms with van der Waals surface area (Å²) in [5.41, 5.74) is 7.74. The lowest BCUT2D eigenvalue weighted by atomic mass is 10.2. The van der Waals surface area contributed by atoms with Crippen LogP contribution in [-0.2, 0) is 0 Å². The van der Waals surface area contributed by atoms with Crippen LogP contribution in [0.1, 0.15) is 10.5 Å². The lowest BCUT2D eigenvalue weighted by molar-refractivity contribution is 0.102. The van der Waals surface area contributed by atoms with Gasteiger partial charge in [0.25, 0.3) is 5.91 Å². The van der Waals surface area contributed by atoms with Crippen LogP contribution >= 0.6 is 0 Å². The summed E-state index contributed by atoms with van der Waals surface area (Å²) < 4.78 is 0. The number of hydrogen-bond acceptors (Lipinski definition) is 5. The second-order valence-corrected chi connectivity index (χ2v) is 4.18. The topological polar surface area (TPSA) is 84.1 Å². The Labute approximate surface area is 111 Å². The van der Waals surface area contributed by atoms with E-state index in [-0.39, 0.29) is 11.6 Å². The van der Waals surface area contributed by atoms with Gasteiger partial charge in [-0.05, 0) is 18.2 Å². The average molecular weight is 257 g/mol. The number of carbonyl (C=O) groups excluding carboxylic acids is 1. The molecule has 1 amide bonds. The van der Waals surface area contributed by atoms with Gasteiger partial charge in [-0.2, -0.15) is 0 Å². The monoisotopic (exact) mass is 257 g/mol. The quantitative estimate of drug-likeness (QED) is 0.867. The molecule has 6 heteroatoms. The van der Waals surface area contributed by atoms with Crippen molar-refractivity contribution < 1.29 is 4.79 Å².